The first-order chi connectivity index (χ1) is 16.1. The van der Waals surface area contributed by atoms with Crippen LogP contribution in [-0.2, 0) is 0 Å². The molecule has 1 aromatic heterocycles. The molecule has 0 radical (unpaired) electrons. The molecule has 0 unspecified atom stereocenters. The van der Waals surface area contributed by atoms with Gasteiger partial charge in [0, 0.05) is 27.2 Å². The predicted molar refractivity (Wildman–Crippen MR) is 126 cm³/mol. The zero-order valence-corrected chi connectivity index (χ0v) is 18.4. The maximum atomic E-state index is 13.5. The van der Waals surface area contributed by atoms with Gasteiger partial charge in [-0.05, 0) is 48.5 Å². The molecule has 0 atom stereocenters. The Kier molecular flexibility index (Phi) is 4.61. The molecule has 7 heteroatoms. The summed E-state index contributed by atoms with van der Waals surface area (Å²) in [5.41, 5.74) is 2.01. The van der Waals surface area contributed by atoms with Crippen LogP contribution in [0.5, 0.6) is 23.0 Å². The van der Waals surface area contributed by atoms with Gasteiger partial charge < -0.3 is 14.0 Å². The van der Waals surface area contributed by atoms with Crippen LogP contribution in [0, 0.1) is 0 Å². The van der Waals surface area contributed by atoms with E-state index in [1.54, 1.807) is 60.7 Å². The van der Waals surface area contributed by atoms with Crippen molar-refractivity contribution in [3.05, 3.63) is 100 Å². The first kappa shape index (κ1) is 19.9. The summed E-state index contributed by atoms with van der Waals surface area (Å²) in [6.07, 6.45) is 0. The van der Waals surface area contributed by atoms with E-state index in [0.717, 1.165) is 0 Å². The lowest BCUT2D eigenvalue weighted by atomic mass is 9.87. The van der Waals surface area contributed by atoms with Crippen molar-refractivity contribution in [1.82, 2.24) is 5.16 Å². The maximum Gasteiger partial charge on any atom is 0.198 e. The highest BCUT2D eigenvalue weighted by Gasteiger charge is 2.34. The van der Waals surface area contributed by atoms with Crippen molar-refractivity contribution >= 4 is 39.9 Å². The summed E-state index contributed by atoms with van der Waals surface area (Å²) in [7, 11) is 0. The topological polar surface area (TPSA) is 61.6 Å². The van der Waals surface area contributed by atoms with Crippen molar-refractivity contribution in [3.63, 3.8) is 0 Å². The number of halogens is 2. The number of carbonyl (C=O) groups excluding carboxylic acids is 1. The standard InChI is InChI=1S/C26H13Cl2NO4/c27-14-5-9-16(10-6-14)31-20-13-21(32-17-11-7-15(28)8-12-17)24-23-22(20)25(30)18-3-1-2-4-19(18)26(23)33-29-24/h1-13H. The Labute approximate surface area is 198 Å². The fourth-order valence-electron chi connectivity index (χ4n) is 3.91. The third kappa shape index (κ3) is 3.33. The summed E-state index contributed by atoms with van der Waals surface area (Å²) in [5, 5.41) is 5.97. The van der Waals surface area contributed by atoms with Crippen molar-refractivity contribution < 1.29 is 18.8 Å². The number of hydrogen-bond acceptors (Lipinski definition) is 5. The minimum absolute atomic E-state index is 0.173. The second-order valence-electron chi connectivity index (χ2n) is 7.47. The minimum Gasteiger partial charge on any atom is -0.456 e. The van der Waals surface area contributed by atoms with Crippen LogP contribution in [-0.4, -0.2) is 10.9 Å². The number of ether oxygens (including phenoxy) is 2. The second-order valence-corrected chi connectivity index (χ2v) is 8.34. The lowest BCUT2D eigenvalue weighted by molar-refractivity contribution is 0.103. The molecule has 0 fully saturated rings. The number of ketones is 1. The van der Waals surface area contributed by atoms with E-state index < -0.39 is 0 Å². The first-order valence-electron chi connectivity index (χ1n) is 10.1. The number of carbonyl (C=O) groups is 1. The molecule has 0 spiro atoms. The molecule has 6 rings (SSSR count). The van der Waals surface area contributed by atoms with E-state index in [2.05, 4.69) is 5.16 Å². The molecule has 1 aliphatic carbocycles. The highest BCUT2D eigenvalue weighted by Crippen LogP contribution is 2.48. The molecule has 160 valence electrons. The Morgan fingerprint density at radius 1 is 0.727 bits per heavy atom. The van der Waals surface area contributed by atoms with E-state index in [1.807, 2.05) is 18.2 Å². The molecule has 0 saturated heterocycles. The van der Waals surface area contributed by atoms with Crippen molar-refractivity contribution in [1.29, 1.82) is 0 Å². The van der Waals surface area contributed by atoms with E-state index >= 15 is 0 Å². The van der Waals surface area contributed by atoms with Gasteiger partial charge in [0.2, 0.25) is 0 Å². The van der Waals surface area contributed by atoms with Crippen LogP contribution in [0.3, 0.4) is 0 Å². The third-order valence-electron chi connectivity index (χ3n) is 5.41. The highest BCUT2D eigenvalue weighted by atomic mass is 35.5. The van der Waals surface area contributed by atoms with Gasteiger partial charge in [-0.15, -0.1) is 0 Å². The Hall–Kier alpha value is -3.80. The minimum atomic E-state index is -0.173. The van der Waals surface area contributed by atoms with Gasteiger partial charge in [-0.25, -0.2) is 0 Å². The summed E-state index contributed by atoms with van der Waals surface area (Å²) >= 11 is 12.0. The molecule has 5 aromatic rings. The van der Waals surface area contributed by atoms with E-state index in [0.29, 0.717) is 66.4 Å². The highest BCUT2D eigenvalue weighted by molar-refractivity contribution is 6.31. The lowest BCUT2D eigenvalue weighted by Gasteiger charge is -2.18. The van der Waals surface area contributed by atoms with Crippen LogP contribution in [0.25, 0.3) is 22.2 Å². The quantitative estimate of drug-likeness (QED) is 0.260. The zero-order chi connectivity index (χ0) is 22.5. The molecule has 4 aromatic carbocycles. The van der Waals surface area contributed by atoms with Gasteiger partial charge in [0.1, 0.15) is 17.2 Å². The molecule has 5 nitrogen and oxygen atoms in total. The molecule has 0 bridgehead atoms. The molecule has 0 N–H and O–H groups in total. The van der Waals surface area contributed by atoms with E-state index in [4.69, 9.17) is 37.2 Å². The van der Waals surface area contributed by atoms with Gasteiger partial charge in [-0.3, -0.25) is 4.79 Å². The van der Waals surface area contributed by atoms with Crippen LogP contribution in [0.15, 0.2) is 83.4 Å². The van der Waals surface area contributed by atoms with Gasteiger partial charge in [0.25, 0.3) is 0 Å². The summed E-state index contributed by atoms with van der Waals surface area (Å²) in [4.78, 5) is 13.5. The van der Waals surface area contributed by atoms with Gasteiger partial charge in [0.15, 0.2) is 22.8 Å². The average Bonchev–Trinajstić information content (AvgIpc) is 3.27. The predicted octanol–water partition coefficient (Wildman–Crippen LogP) is 7.93. The molecule has 1 heterocycles. The summed E-state index contributed by atoms with van der Waals surface area (Å²) in [5.74, 6) is 2.13. The van der Waals surface area contributed by atoms with Crippen LogP contribution in [0.4, 0.5) is 0 Å². The van der Waals surface area contributed by atoms with Gasteiger partial charge >= 0.3 is 0 Å². The molecule has 0 aliphatic heterocycles. The Balaban J connectivity index is 1.58. The number of fused-ring (bicyclic) bond motifs is 2. The third-order valence-corrected chi connectivity index (χ3v) is 5.91. The van der Waals surface area contributed by atoms with E-state index in [9.17, 15) is 4.79 Å². The van der Waals surface area contributed by atoms with Crippen molar-refractivity contribution in [2.75, 3.05) is 0 Å². The molecule has 0 saturated carbocycles. The van der Waals surface area contributed by atoms with Crippen LogP contribution in [0.2, 0.25) is 10.0 Å². The van der Waals surface area contributed by atoms with Gasteiger partial charge in [-0.2, -0.15) is 0 Å². The molecular weight excluding hydrogens is 461 g/mol. The van der Waals surface area contributed by atoms with Crippen molar-refractivity contribution in [2.45, 2.75) is 0 Å². The summed E-state index contributed by atoms with van der Waals surface area (Å²) in [6.45, 7) is 0. The van der Waals surface area contributed by atoms with Gasteiger partial charge in [-0.1, -0.05) is 52.6 Å². The number of benzene rings is 4. The van der Waals surface area contributed by atoms with Gasteiger partial charge in [0.05, 0.1) is 10.9 Å². The fourth-order valence-corrected chi connectivity index (χ4v) is 4.17. The van der Waals surface area contributed by atoms with Crippen LogP contribution >= 0.6 is 23.2 Å². The summed E-state index contributed by atoms with van der Waals surface area (Å²) in [6, 6.07) is 22.8. The zero-order valence-electron chi connectivity index (χ0n) is 16.8. The van der Waals surface area contributed by atoms with Crippen LogP contribution < -0.4 is 9.47 Å². The van der Waals surface area contributed by atoms with Crippen molar-refractivity contribution in [3.8, 4) is 34.3 Å². The Bertz CT molecular complexity index is 1540. The second kappa shape index (κ2) is 7.66. The number of nitrogens with zero attached hydrogens (tertiary/aromatic N) is 1. The largest absolute Gasteiger partial charge is 0.456 e. The van der Waals surface area contributed by atoms with E-state index in [1.165, 1.54) is 0 Å². The molecule has 33 heavy (non-hydrogen) atoms. The van der Waals surface area contributed by atoms with Crippen LogP contribution in [0.1, 0.15) is 15.9 Å². The maximum absolute atomic E-state index is 13.5. The number of rotatable bonds is 4. The lowest BCUT2D eigenvalue weighted by Crippen LogP contribution is -2.10. The van der Waals surface area contributed by atoms with Crippen molar-refractivity contribution in [2.24, 2.45) is 0 Å². The fraction of sp³-hybridized carbons (Fsp3) is 0. The SMILES string of the molecule is O=C1c2ccccc2-c2onc3c(Oc4ccc(Cl)cc4)cc(Oc4ccc(Cl)cc4)c1c23. The Morgan fingerprint density at radius 3 is 1.94 bits per heavy atom. The molecular formula is C26H13Cl2NO4. The Morgan fingerprint density at radius 2 is 1.30 bits per heavy atom. The average molecular weight is 474 g/mol. The summed E-state index contributed by atoms with van der Waals surface area (Å²) < 4.78 is 18.0. The normalized spacial score (nSPS) is 12.0. The smallest absolute Gasteiger partial charge is 0.198 e. The van der Waals surface area contributed by atoms with E-state index in [-0.39, 0.29) is 5.78 Å². The first-order valence-corrected chi connectivity index (χ1v) is 10.8. The number of aromatic nitrogens is 1. The molecule has 0 amide bonds. The molecule has 1 aliphatic rings. The number of hydrogen-bond donors (Lipinski definition) is 0. The monoisotopic (exact) mass is 473 g/mol.